The van der Waals surface area contributed by atoms with Crippen molar-refractivity contribution in [2.45, 2.75) is 17.6 Å². The number of aryl methyl sites for hydroxylation is 1. The van der Waals surface area contributed by atoms with E-state index in [1.165, 1.54) is 11.3 Å². The van der Waals surface area contributed by atoms with Gasteiger partial charge in [-0.1, -0.05) is 60.1 Å². The second-order valence-electron chi connectivity index (χ2n) is 7.71. The average molecular weight is 519 g/mol. The number of hydrogen-bond donors (Lipinski definition) is 2. The zero-order valence-corrected chi connectivity index (χ0v) is 21.3. The summed E-state index contributed by atoms with van der Waals surface area (Å²) in [5.41, 5.74) is 3.35. The Kier molecular flexibility index (Phi) is 8.42. The highest BCUT2D eigenvalue weighted by Gasteiger charge is 2.17. The number of nitrogens with one attached hydrogen (secondary N) is 2. The first-order valence-corrected chi connectivity index (χ1v) is 13.1. The van der Waals surface area contributed by atoms with E-state index in [0.29, 0.717) is 16.3 Å². The Balaban J connectivity index is 1.54. The topological polar surface area (TPSA) is 58.2 Å². The Hall–Kier alpha value is -3.32. The summed E-state index contributed by atoms with van der Waals surface area (Å²) in [5.74, 6) is 0.0118. The Morgan fingerprint density at radius 1 is 0.943 bits per heavy atom. The fourth-order valence-corrected chi connectivity index (χ4v) is 5.07. The van der Waals surface area contributed by atoms with Gasteiger partial charge in [0.15, 0.2) is 0 Å². The fourth-order valence-electron chi connectivity index (χ4n) is 3.32. The van der Waals surface area contributed by atoms with Crippen LogP contribution in [0, 0.1) is 6.92 Å². The van der Waals surface area contributed by atoms with Gasteiger partial charge in [-0.15, -0.1) is 23.1 Å². The third kappa shape index (κ3) is 6.85. The molecular weight excluding hydrogens is 496 g/mol. The second-order valence-corrected chi connectivity index (χ2v) is 10.1. The van der Waals surface area contributed by atoms with Gasteiger partial charge in [0.05, 0.1) is 5.69 Å². The first kappa shape index (κ1) is 24.8. The molecule has 0 unspecified atom stereocenters. The number of amides is 2. The van der Waals surface area contributed by atoms with Gasteiger partial charge in [0, 0.05) is 26.1 Å². The van der Waals surface area contributed by atoms with E-state index in [1.807, 2.05) is 85.1 Å². The van der Waals surface area contributed by atoms with E-state index in [-0.39, 0.29) is 17.5 Å². The second kappa shape index (κ2) is 11.9. The Morgan fingerprint density at radius 2 is 1.69 bits per heavy atom. The van der Waals surface area contributed by atoms with Gasteiger partial charge in [-0.25, -0.2) is 0 Å². The molecule has 4 nitrogen and oxygen atoms in total. The molecule has 1 aromatic heterocycles. The van der Waals surface area contributed by atoms with Gasteiger partial charge in [-0.3, -0.25) is 9.59 Å². The molecule has 1 heterocycles. The molecule has 7 heteroatoms. The lowest BCUT2D eigenvalue weighted by atomic mass is 10.1. The van der Waals surface area contributed by atoms with Crippen LogP contribution < -0.4 is 10.6 Å². The van der Waals surface area contributed by atoms with Crippen molar-refractivity contribution >= 4 is 58.3 Å². The smallest absolute Gasteiger partial charge is 0.272 e. The zero-order valence-electron chi connectivity index (χ0n) is 19.0. The summed E-state index contributed by atoms with van der Waals surface area (Å²) >= 11 is 9.09. The lowest BCUT2D eigenvalue weighted by Gasteiger charge is -2.14. The molecule has 35 heavy (non-hydrogen) atoms. The summed E-state index contributed by atoms with van der Waals surface area (Å²) < 4.78 is 0. The van der Waals surface area contributed by atoms with Gasteiger partial charge in [0.1, 0.15) is 5.70 Å². The number of halogens is 1. The maximum Gasteiger partial charge on any atom is 0.272 e. The number of thiophene rings is 1. The molecule has 0 aliphatic carbocycles. The minimum absolute atomic E-state index is 0.179. The largest absolute Gasteiger partial charge is 0.320 e. The number of carbonyl (C=O) groups is 2. The molecule has 0 saturated carbocycles. The number of benzene rings is 3. The molecule has 4 rings (SSSR count). The highest BCUT2D eigenvalue weighted by atomic mass is 35.5. The highest BCUT2D eigenvalue weighted by Crippen LogP contribution is 2.30. The number of carbonyl (C=O) groups excluding carboxylic acids is 2. The van der Waals surface area contributed by atoms with Crippen molar-refractivity contribution < 1.29 is 9.59 Å². The first-order chi connectivity index (χ1) is 17.0. The molecule has 0 aliphatic heterocycles. The minimum atomic E-state index is -0.389. The monoisotopic (exact) mass is 518 g/mol. The quantitative estimate of drug-likeness (QED) is 0.188. The van der Waals surface area contributed by atoms with Gasteiger partial charge in [-0.05, 0) is 65.9 Å². The maximum absolute atomic E-state index is 13.3. The molecule has 4 aromatic rings. The fraction of sp³-hybridized carbons (Fsp3) is 0.0714. The Labute approximate surface area is 218 Å². The van der Waals surface area contributed by atoms with E-state index in [2.05, 4.69) is 10.6 Å². The average Bonchev–Trinajstić information content (AvgIpc) is 3.37. The van der Waals surface area contributed by atoms with Crippen LogP contribution in [0.25, 0.3) is 6.08 Å². The molecule has 0 fully saturated rings. The third-order valence-electron chi connectivity index (χ3n) is 5.16. The van der Waals surface area contributed by atoms with Crippen LogP contribution in [-0.2, 0) is 10.5 Å². The third-order valence-corrected chi connectivity index (χ3v) is 7.37. The summed E-state index contributed by atoms with van der Waals surface area (Å²) in [4.78, 5) is 28.1. The van der Waals surface area contributed by atoms with Crippen LogP contribution in [0.1, 0.15) is 26.4 Å². The van der Waals surface area contributed by atoms with Crippen molar-refractivity contribution in [3.63, 3.8) is 0 Å². The van der Waals surface area contributed by atoms with E-state index < -0.39 is 0 Å². The summed E-state index contributed by atoms with van der Waals surface area (Å²) in [7, 11) is 0. The van der Waals surface area contributed by atoms with E-state index in [1.54, 1.807) is 30.0 Å². The Bertz CT molecular complexity index is 1350. The number of para-hydroxylation sites is 1. The lowest BCUT2D eigenvalue weighted by molar-refractivity contribution is -0.113. The number of thioether (sulfide) groups is 1. The predicted octanol–water partition coefficient (Wildman–Crippen LogP) is 7.41. The van der Waals surface area contributed by atoms with Crippen molar-refractivity contribution in [2.24, 2.45) is 0 Å². The van der Waals surface area contributed by atoms with E-state index in [4.69, 9.17) is 11.6 Å². The van der Waals surface area contributed by atoms with Crippen LogP contribution in [0.15, 0.2) is 101 Å². The van der Waals surface area contributed by atoms with E-state index in [9.17, 15) is 9.59 Å². The predicted molar refractivity (Wildman–Crippen MR) is 147 cm³/mol. The standard InChI is InChI=1S/C28H23ClN2O2S2/c1-19-7-2-3-9-23(19)27(32)31-25(17-22-8-6-16-34-22)28(33)30-24-10-4-5-11-26(24)35-18-20-12-14-21(29)15-13-20/h2-17H,18H2,1H3,(H,30,33)(H,31,32)/b25-17-. The summed E-state index contributed by atoms with van der Waals surface area (Å²) in [6.45, 7) is 1.87. The van der Waals surface area contributed by atoms with Gasteiger partial charge in [-0.2, -0.15) is 0 Å². The van der Waals surface area contributed by atoms with Crippen LogP contribution in [0.5, 0.6) is 0 Å². The lowest BCUT2D eigenvalue weighted by Crippen LogP contribution is -2.31. The molecule has 0 atom stereocenters. The van der Waals surface area contributed by atoms with E-state index in [0.717, 1.165) is 26.7 Å². The van der Waals surface area contributed by atoms with Crippen LogP contribution in [-0.4, -0.2) is 11.8 Å². The first-order valence-electron chi connectivity index (χ1n) is 10.9. The summed E-state index contributed by atoms with van der Waals surface area (Å²) in [5, 5.41) is 8.42. The van der Waals surface area contributed by atoms with Crippen molar-refractivity contribution in [3.8, 4) is 0 Å². The highest BCUT2D eigenvalue weighted by molar-refractivity contribution is 7.98. The number of rotatable bonds is 8. The molecule has 3 aromatic carbocycles. The SMILES string of the molecule is Cc1ccccc1C(=O)N/C(=C\c1cccs1)C(=O)Nc1ccccc1SCc1ccc(Cl)cc1. The minimum Gasteiger partial charge on any atom is -0.320 e. The molecule has 0 spiro atoms. The summed E-state index contributed by atoms with van der Waals surface area (Å²) in [6.07, 6.45) is 1.69. The molecule has 2 N–H and O–H groups in total. The molecule has 0 bridgehead atoms. The van der Waals surface area contributed by atoms with Crippen LogP contribution >= 0.6 is 34.7 Å². The van der Waals surface area contributed by atoms with E-state index >= 15 is 0 Å². The van der Waals surface area contributed by atoms with Crippen LogP contribution in [0.2, 0.25) is 5.02 Å². The molecule has 176 valence electrons. The van der Waals surface area contributed by atoms with Crippen molar-refractivity contribution in [2.75, 3.05) is 5.32 Å². The van der Waals surface area contributed by atoms with Crippen LogP contribution in [0.3, 0.4) is 0 Å². The Morgan fingerprint density at radius 3 is 2.43 bits per heavy atom. The molecular formula is C28H23ClN2O2S2. The zero-order chi connectivity index (χ0) is 24.6. The van der Waals surface area contributed by atoms with Crippen molar-refractivity contribution in [1.82, 2.24) is 5.32 Å². The molecule has 0 saturated heterocycles. The molecule has 2 amide bonds. The normalized spacial score (nSPS) is 11.2. The van der Waals surface area contributed by atoms with Gasteiger partial charge in [0.2, 0.25) is 0 Å². The number of hydrogen-bond acceptors (Lipinski definition) is 4. The maximum atomic E-state index is 13.3. The number of anilines is 1. The van der Waals surface area contributed by atoms with Gasteiger partial charge >= 0.3 is 0 Å². The van der Waals surface area contributed by atoms with Crippen molar-refractivity contribution in [1.29, 1.82) is 0 Å². The molecule has 0 aliphatic rings. The molecule has 0 radical (unpaired) electrons. The van der Waals surface area contributed by atoms with Crippen molar-refractivity contribution in [3.05, 3.63) is 123 Å². The van der Waals surface area contributed by atoms with Crippen LogP contribution in [0.4, 0.5) is 5.69 Å². The summed E-state index contributed by atoms with van der Waals surface area (Å²) in [6, 6.07) is 26.4. The van der Waals surface area contributed by atoms with Gasteiger partial charge < -0.3 is 10.6 Å². The van der Waals surface area contributed by atoms with Gasteiger partial charge in [0.25, 0.3) is 11.8 Å².